The van der Waals surface area contributed by atoms with E-state index in [0.717, 1.165) is 44.2 Å². The first kappa shape index (κ1) is 29.1. The van der Waals surface area contributed by atoms with Crippen LogP contribution in [0.1, 0.15) is 78.1 Å². The topological polar surface area (TPSA) is 110 Å². The summed E-state index contributed by atoms with van der Waals surface area (Å²) in [5.74, 6) is -0.608. The van der Waals surface area contributed by atoms with Crippen LogP contribution in [0.4, 0.5) is 0 Å². The average molecular weight is 452 g/mol. The van der Waals surface area contributed by atoms with Gasteiger partial charge in [0, 0.05) is 6.42 Å². The minimum atomic E-state index is -4.31. The summed E-state index contributed by atoms with van der Waals surface area (Å²) >= 11 is 0. The third kappa shape index (κ3) is 12.1. The van der Waals surface area contributed by atoms with E-state index in [1.54, 1.807) is 0 Å². The van der Waals surface area contributed by atoms with E-state index in [1.807, 2.05) is 6.92 Å². The summed E-state index contributed by atoms with van der Waals surface area (Å²) in [6.07, 6.45) is 8.97. The summed E-state index contributed by atoms with van der Waals surface area (Å²) in [6.45, 7) is 4.15. The van der Waals surface area contributed by atoms with Crippen molar-refractivity contribution >= 4 is 51.6 Å². The van der Waals surface area contributed by atoms with E-state index in [2.05, 4.69) is 12.2 Å². The van der Waals surface area contributed by atoms with Crippen LogP contribution in [0.2, 0.25) is 0 Å². The van der Waals surface area contributed by atoms with Gasteiger partial charge in [0.1, 0.15) is 11.8 Å². The molecule has 0 fully saturated rings. The Morgan fingerprint density at radius 1 is 0.967 bits per heavy atom. The molecule has 0 bridgehead atoms. The van der Waals surface area contributed by atoms with Crippen LogP contribution in [0.25, 0.3) is 0 Å². The van der Waals surface area contributed by atoms with Gasteiger partial charge in [-0.15, -0.1) is 0 Å². The van der Waals surface area contributed by atoms with Crippen LogP contribution in [0.15, 0.2) is 29.2 Å². The molecular formula is C21H34NNaO6S. The molecule has 0 spiro atoms. The summed E-state index contributed by atoms with van der Waals surface area (Å²) in [6, 6.07) is 4.13. The van der Waals surface area contributed by atoms with Crippen LogP contribution in [0, 0.1) is 0 Å². The molecule has 9 heteroatoms. The zero-order valence-electron chi connectivity index (χ0n) is 17.4. The van der Waals surface area contributed by atoms with Gasteiger partial charge >= 0.3 is 35.5 Å². The second kappa shape index (κ2) is 15.8. The fourth-order valence-electron chi connectivity index (χ4n) is 2.86. The van der Waals surface area contributed by atoms with E-state index in [0.29, 0.717) is 12.8 Å². The molecule has 166 valence electrons. The van der Waals surface area contributed by atoms with Gasteiger partial charge in [-0.3, -0.25) is 9.35 Å². The fourth-order valence-corrected chi connectivity index (χ4v) is 3.34. The predicted molar refractivity (Wildman–Crippen MR) is 118 cm³/mol. The number of amides is 1. The summed E-state index contributed by atoms with van der Waals surface area (Å²) in [7, 11) is -4.31. The Hall–Kier alpha value is -0.930. The number of hydrogen-bond acceptors (Lipinski definition) is 5. The minimum absolute atomic E-state index is 0. The summed E-state index contributed by atoms with van der Waals surface area (Å²) in [4.78, 5) is 24.4. The normalized spacial score (nSPS) is 12.0. The molecule has 7 nitrogen and oxygen atoms in total. The van der Waals surface area contributed by atoms with Gasteiger partial charge in [-0.2, -0.15) is 8.42 Å². The second-order valence-corrected chi connectivity index (χ2v) is 8.57. The number of rotatable bonds is 14. The van der Waals surface area contributed by atoms with Gasteiger partial charge in [0.25, 0.3) is 10.1 Å². The molecule has 1 atom stereocenters. The van der Waals surface area contributed by atoms with E-state index < -0.39 is 22.1 Å². The molecule has 0 saturated carbocycles. The molecule has 30 heavy (non-hydrogen) atoms. The average Bonchev–Trinajstić information content (AvgIpc) is 2.67. The molecule has 1 amide bonds. The quantitative estimate of drug-likeness (QED) is 0.147. The Kier molecular flexibility index (Phi) is 15.3. The van der Waals surface area contributed by atoms with Gasteiger partial charge in [0.15, 0.2) is 0 Å². The van der Waals surface area contributed by atoms with E-state index >= 15 is 0 Å². The molecule has 0 aromatic heterocycles. The molecule has 0 saturated heterocycles. The maximum absolute atomic E-state index is 12.5. The molecule has 1 aromatic carbocycles. The Balaban J connectivity index is 0.00000841. The van der Waals surface area contributed by atoms with Gasteiger partial charge in [-0.05, 0) is 37.1 Å². The number of carbonyl (C=O) groups is 2. The number of hydrogen-bond donors (Lipinski definition) is 2. The Morgan fingerprint density at radius 3 is 2.10 bits per heavy atom. The third-order valence-electron chi connectivity index (χ3n) is 4.56. The van der Waals surface area contributed by atoms with Crippen molar-refractivity contribution in [3.05, 3.63) is 24.3 Å². The molecule has 1 rings (SSSR count). The number of ether oxygens (including phenoxy) is 1. The SMILES string of the molecule is CCCCCCCCC(=O)NC(CCCC)C(=O)Oc1ccc(S(=O)(=O)O)cc1.[NaH]. The molecule has 2 N–H and O–H groups in total. The van der Waals surface area contributed by atoms with Gasteiger partial charge in [-0.1, -0.05) is 58.8 Å². The van der Waals surface area contributed by atoms with Gasteiger partial charge in [0.2, 0.25) is 5.91 Å². The Morgan fingerprint density at radius 2 is 1.53 bits per heavy atom. The van der Waals surface area contributed by atoms with E-state index in [4.69, 9.17) is 9.29 Å². The van der Waals surface area contributed by atoms with Crippen molar-refractivity contribution in [1.82, 2.24) is 5.32 Å². The molecule has 0 aliphatic carbocycles. The molecule has 1 unspecified atom stereocenters. The first-order valence-electron chi connectivity index (χ1n) is 10.4. The fraction of sp³-hybridized carbons (Fsp3) is 0.619. The van der Waals surface area contributed by atoms with Crippen LogP contribution in [0.3, 0.4) is 0 Å². The first-order valence-corrected chi connectivity index (χ1v) is 11.8. The summed E-state index contributed by atoms with van der Waals surface area (Å²) in [5, 5.41) is 2.76. The second-order valence-electron chi connectivity index (χ2n) is 7.15. The molecule has 0 heterocycles. The zero-order valence-corrected chi connectivity index (χ0v) is 18.2. The molecule has 0 aliphatic heterocycles. The monoisotopic (exact) mass is 451 g/mol. The van der Waals surface area contributed by atoms with Gasteiger partial charge < -0.3 is 10.1 Å². The van der Waals surface area contributed by atoms with Crippen LogP contribution in [0.5, 0.6) is 5.75 Å². The van der Waals surface area contributed by atoms with Crippen LogP contribution in [-0.2, 0) is 19.7 Å². The third-order valence-corrected chi connectivity index (χ3v) is 5.43. The van der Waals surface area contributed by atoms with E-state index in [-0.39, 0.29) is 46.1 Å². The number of esters is 1. The van der Waals surface area contributed by atoms with Crippen molar-refractivity contribution in [3.63, 3.8) is 0 Å². The Labute approximate surface area is 202 Å². The van der Waals surface area contributed by atoms with Crippen molar-refractivity contribution < 1.29 is 27.3 Å². The molecule has 0 aliphatic rings. The van der Waals surface area contributed by atoms with Crippen molar-refractivity contribution in [1.29, 1.82) is 0 Å². The summed E-state index contributed by atoms with van der Waals surface area (Å²) < 4.78 is 36.4. The van der Waals surface area contributed by atoms with Crippen LogP contribution >= 0.6 is 0 Å². The number of benzene rings is 1. The molecular weight excluding hydrogens is 417 g/mol. The number of carbonyl (C=O) groups excluding carboxylic acids is 2. The van der Waals surface area contributed by atoms with Crippen molar-refractivity contribution in [3.8, 4) is 5.75 Å². The predicted octanol–water partition coefficient (Wildman–Crippen LogP) is 3.62. The standard InChI is InChI=1S/C21H33NO6S.Na.H/c1-3-5-7-8-9-10-12-20(23)22-19(11-6-4-2)21(24)28-17-13-15-18(16-14-17)29(25,26)27;;/h13-16,19H,3-12H2,1-2H3,(H,22,23)(H,25,26,27);;. The van der Waals surface area contributed by atoms with Gasteiger partial charge in [0.05, 0.1) is 4.90 Å². The van der Waals surface area contributed by atoms with Gasteiger partial charge in [-0.25, -0.2) is 4.79 Å². The summed E-state index contributed by atoms with van der Waals surface area (Å²) in [5.41, 5.74) is 0. The van der Waals surface area contributed by atoms with Crippen molar-refractivity contribution in [2.24, 2.45) is 0 Å². The first-order chi connectivity index (χ1) is 13.8. The Bertz CT molecular complexity index is 736. The zero-order chi connectivity index (χ0) is 21.7. The molecule has 0 radical (unpaired) electrons. The van der Waals surface area contributed by atoms with Crippen LogP contribution < -0.4 is 10.1 Å². The number of nitrogens with one attached hydrogen (secondary N) is 1. The molecule has 1 aromatic rings. The van der Waals surface area contributed by atoms with E-state index in [1.165, 1.54) is 31.4 Å². The van der Waals surface area contributed by atoms with E-state index in [9.17, 15) is 18.0 Å². The number of unbranched alkanes of at least 4 members (excludes halogenated alkanes) is 6. The van der Waals surface area contributed by atoms with Crippen LogP contribution in [-0.4, -0.2) is 60.4 Å². The maximum atomic E-state index is 12.5. The van der Waals surface area contributed by atoms with Crippen molar-refractivity contribution in [2.45, 2.75) is 89.0 Å². The van der Waals surface area contributed by atoms with Crippen molar-refractivity contribution in [2.75, 3.05) is 0 Å².